The first-order valence-corrected chi connectivity index (χ1v) is 9.25. The maximum Gasteiger partial charge on any atom is 0.282 e. The second-order valence-corrected chi connectivity index (χ2v) is 7.21. The molecule has 0 spiro atoms. The van der Waals surface area contributed by atoms with Crippen LogP contribution in [0.25, 0.3) is 22.3 Å². The van der Waals surface area contributed by atoms with Crippen LogP contribution in [0.3, 0.4) is 0 Å². The average molecular weight is 410 g/mol. The molecular weight excluding hydrogens is 398 g/mol. The van der Waals surface area contributed by atoms with E-state index in [1.54, 1.807) is 23.6 Å². The van der Waals surface area contributed by atoms with Crippen LogP contribution in [0.1, 0.15) is 4.88 Å². The van der Waals surface area contributed by atoms with E-state index in [1.165, 1.54) is 4.68 Å². The molecule has 0 aliphatic carbocycles. The Hall–Kier alpha value is -2.57. The average Bonchev–Trinajstić information content (AvgIpc) is 3.07. The molecule has 0 aliphatic rings. The minimum Gasteiger partial charge on any atom is -0.267 e. The SMILES string of the molecule is O=c1c2ccccc2nc(-c2ccccc2)n1N=Cc1cc(Br)cs1. The Bertz CT molecular complexity index is 1130. The quantitative estimate of drug-likeness (QED) is 0.457. The molecule has 0 N–H and O–H groups in total. The number of rotatable bonds is 3. The monoisotopic (exact) mass is 409 g/mol. The summed E-state index contributed by atoms with van der Waals surface area (Å²) in [7, 11) is 0. The fraction of sp³-hybridized carbons (Fsp3) is 0. The summed E-state index contributed by atoms with van der Waals surface area (Å²) in [5.74, 6) is 0.524. The van der Waals surface area contributed by atoms with Gasteiger partial charge in [-0.2, -0.15) is 9.78 Å². The predicted octanol–water partition coefficient (Wildman–Crippen LogP) is 4.77. The van der Waals surface area contributed by atoms with Gasteiger partial charge in [0.15, 0.2) is 5.82 Å². The largest absolute Gasteiger partial charge is 0.282 e. The van der Waals surface area contributed by atoms with Crippen molar-refractivity contribution in [3.05, 3.63) is 85.7 Å². The van der Waals surface area contributed by atoms with Gasteiger partial charge < -0.3 is 0 Å². The van der Waals surface area contributed by atoms with E-state index < -0.39 is 0 Å². The van der Waals surface area contributed by atoms with Gasteiger partial charge in [0, 0.05) is 20.3 Å². The zero-order valence-electron chi connectivity index (χ0n) is 13.0. The van der Waals surface area contributed by atoms with E-state index >= 15 is 0 Å². The summed E-state index contributed by atoms with van der Waals surface area (Å²) >= 11 is 4.97. The molecule has 0 fully saturated rings. The van der Waals surface area contributed by atoms with Crippen molar-refractivity contribution in [3.8, 4) is 11.4 Å². The molecule has 0 unspecified atom stereocenters. The number of benzene rings is 2. The number of para-hydroxylation sites is 1. The Morgan fingerprint density at radius 2 is 1.84 bits per heavy atom. The molecule has 4 aromatic rings. The van der Waals surface area contributed by atoms with Gasteiger partial charge in [0.2, 0.25) is 0 Å². The smallest absolute Gasteiger partial charge is 0.267 e. The van der Waals surface area contributed by atoms with Gasteiger partial charge in [0.25, 0.3) is 5.56 Å². The predicted molar refractivity (Wildman–Crippen MR) is 106 cm³/mol. The topological polar surface area (TPSA) is 47.2 Å². The lowest BCUT2D eigenvalue weighted by atomic mass is 10.2. The summed E-state index contributed by atoms with van der Waals surface area (Å²) in [6, 6.07) is 18.9. The molecule has 0 saturated carbocycles. The van der Waals surface area contributed by atoms with Gasteiger partial charge in [-0.3, -0.25) is 4.79 Å². The molecule has 4 rings (SSSR count). The van der Waals surface area contributed by atoms with Gasteiger partial charge in [-0.25, -0.2) is 4.98 Å². The molecule has 0 radical (unpaired) electrons. The van der Waals surface area contributed by atoms with Crippen molar-refractivity contribution in [2.24, 2.45) is 5.10 Å². The van der Waals surface area contributed by atoms with E-state index in [1.807, 2.05) is 60.0 Å². The summed E-state index contributed by atoms with van der Waals surface area (Å²) in [6.07, 6.45) is 1.68. The van der Waals surface area contributed by atoms with Crippen molar-refractivity contribution in [2.45, 2.75) is 0 Å². The van der Waals surface area contributed by atoms with E-state index in [9.17, 15) is 4.79 Å². The molecule has 122 valence electrons. The second kappa shape index (κ2) is 6.74. The third-order valence-corrected chi connectivity index (χ3v) is 5.30. The number of halogens is 1. The third kappa shape index (κ3) is 3.18. The highest BCUT2D eigenvalue weighted by molar-refractivity contribution is 9.10. The van der Waals surface area contributed by atoms with Gasteiger partial charge in [0.05, 0.1) is 17.1 Å². The summed E-state index contributed by atoms with van der Waals surface area (Å²) in [5, 5.41) is 6.94. The van der Waals surface area contributed by atoms with Crippen LogP contribution < -0.4 is 5.56 Å². The standard InChI is InChI=1S/C19H12BrN3OS/c20-14-10-15(25-12-14)11-21-23-18(13-6-2-1-3-7-13)22-17-9-5-4-8-16(17)19(23)24/h1-12H. The van der Waals surface area contributed by atoms with E-state index in [-0.39, 0.29) is 5.56 Å². The van der Waals surface area contributed by atoms with Crippen LogP contribution in [0.4, 0.5) is 0 Å². The zero-order valence-corrected chi connectivity index (χ0v) is 15.4. The minimum absolute atomic E-state index is 0.184. The van der Waals surface area contributed by atoms with Crippen molar-refractivity contribution in [2.75, 3.05) is 0 Å². The van der Waals surface area contributed by atoms with Gasteiger partial charge in [-0.15, -0.1) is 11.3 Å². The van der Waals surface area contributed by atoms with Crippen LogP contribution in [0.15, 0.2) is 80.4 Å². The molecule has 0 aliphatic heterocycles. The minimum atomic E-state index is -0.184. The molecule has 2 aromatic carbocycles. The highest BCUT2D eigenvalue weighted by Crippen LogP contribution is 2.20. The van der Waals surface area contributed by atoms with E-state index in [2.05, 4.69) is 26.0 Å². The first kappa shape index (κ1) is 15.9. The Labute approximate surface area is 156 Å². The number of fused-ring (bicyclic) bond motifs is 1. The fourth-order valence-electron chi connectivity index (χ4n) is 2.52. The van der Waals surface area contributed by atoms with E-state index in [0.717, 1.165) is 14.9 Å². The highest BCUT2D eigenvalue weighted by atomic mass is 79.9. The van der Waals surface area contributed by atoms with Gasteiger partial charge in [0.1, 0.15) is 0 Å². The van der Waals surface area contributed by atoms with Crippen LogP contribution in [0.2, 0.25) is 0 Å². The number of nitrogens with zero attached hydrogens (tertiary/aromatic N) is 3. The van der Waals surface area contributed by atoms with Gasteiger partial charge in [-0.1, -0.05) is 42.5 Å². The molecule has 0 atom stereocenters. The molecule has 0 saturated heterocycles. The third-order valence-electron chi connectivity index (χ3n) is 3.67. The highest BCUT2D eigenvalue weighted by Gasteiger charge is 2.11. The number of thiophene rings is 1. The Morgan fingerprint density at radius 3 is 2.60 bits per heavy atom. The Balaban J connectivity index is 1.95. The first-order chi connectivity index (χ1) is 12.2. The fourth-order valence-corrected chi connectivity index (χ4v) is 3.81. The number of hydrogen-bond donors (Lipinski definition) is 0. The number of hydrogen-bond acceptors (Lipinski definition) is 4. The van der Waals surface area contributed by atoms with Crippen LogP contribution in [0.5, 0.6) is 0 Å². The van der Waals surface area contributed by atoms with Crippen LogP contribution in [-0.2, 0) is 0 Å². The molecule has 4 nitrogen and oxygen atoms in total. The zero-order chi connectivity index (χ0) is 17.2. The van der Waals surface area contributed by atoms with Crippen LogP contribution in [-0.4, -0.2) is 15.9 Å². The first-order valence-electron chi connectivity index (χ1n) is 7.58. The molecule has 0 amide bonds. The molecular formula is C19H12BrN3OS. The summed E-state index contributed by atoms with van der Waals surface area (Å²) in [6.45, 7) is 0. The Kier molecular flexibility index (Phi) is 4.29. The van der Waals surface area contributed by atoms with Crippen molar-refractivity contribution < 1.29 is 0 Å². The van der Waals surface area contributed by atoms with Gasteiger partial charge >= 0.3 is 0 Å². The molecule has 25 heavy (non-hydrogen) atoms. The van der Waals surface area contributed by atoms with E-state index in [4.69, 9.17) is 0 Å². The van der Waals surface area contributed by atoms with Gasteiger partial charge in [-0.05, 0) is 34.1 Å². The Morgan fingerprint density at radius 1 is 1.08 bits per heavy atom. The maximum absolute atomic E-state index is 13.0. The van der Waals surface area contributed by atoms with Crippen LogP contribution in [0, 0.1) is 0 Å². The molecule has 2 heterocycles. The number of aromatic nitrogens is 2. The second-order valence-electron chi connectivity index (χ2n) is 5.35. The molecule has 6 heteroatoms. The van der Waals surface area contributed by atoms with Crippen molar-refractivity contribution in [1.82, 2.24) is 9.66 Å². The summed E-state index contributed by atoms with van der Waals surface area (Å²) < 4.78 is 2.36. The van der Waals surface area contributed by atoms with Crippen molar-refractivity contribution >= 4 is 44.4 Å². The lowest BCUT2D eigenvalue weighted by molar-refractivity contribution is 0.830. The summed E-state index contributed by atoms with van der Waals surface area (Å²) in [4.78, 5) is 18.6. The lowest BCUT2D eigenvalue weighted by Crippen LogP contribution is -2.20. The van der Waals surface area contributed by atoms with Crippen molar-refractivity contribution in [3.63, 3.8) is 0 Å². The van der Waals surface area contributed by atoms with E-state index in [0.29, 0.717) is 16.7 Å². The summed E-state index contributed by atoms with van der Waals surface area (Å²) in [5.41, 5.74) is 1.32. The molecule has 2 aromatic heterocycles. The molecule has 0 bridgehead atoms. The maximum atomic E-state index is 13.0. The van der Waals surface area contributed by atoms with Crippen molar-refractivity contribution in [1.29, 1.82) is 0 Å². The lowest BCUT2D eigenvalue weighted by Gasteiger charge is -2.09. The van der Waals surface area contributed by atoms with Crippen LogP contribution >= 0.6 is 27.3 Å². The normalized spacial score (nSPS) is 11.4.